The van der Waals surface area contributed by atoms with Crippen LogP contribution in [-0.2, 0) is 14.4 Å². The Hall–Kier alpha value is -4.28. The number of hydrogen-bond donors (Lipinski definition) is 5. The van der Waals surface area contributed by atoms with E-state index in [0.717, 1.165) is 0 Å². The van der Waals surface area contributed by atoms with Crippen molar-refractivity contribution >= 4 is 23.3 Å². The number of hydrogen-bond acceptors (Lipinski definition) is 9. The Labute approximate surface area is 210 Å². The lowest BCUT2D eigenvalue weighted by Crippen LogP contribution is -2.67. The normalized spacial score (nSPS) is 29.2. The first-order chi connectivity index (χ1) is 17.4. The highest BCUT2D eigenvalue weighted by Gasteiger charge is 2.67. The van der Waals surface area contributed by atoms with E-state index in [1.165, 1.54) is 31.1 Å². The number of aromatic hydroxyl groups is 1. The molecule has 3 aliphatic carbocycles. The van der Waals surface area contributed by atoms with Gasteiger partial charge in [0, 0.05) is 5.92 Å². The molecule has 0 heterocycles. The van der Waals surface area contributed by atoms with E-state index < -0.39 is 81.1 Å². The zero-order chi connectivity index (χ0) is 27.0. The number of nitrogens with zero attached hydrogens (tertiary/aromatic N) is 1. The number of carbonyl (C=O) groups excluding carboxylic acids is 4. The number of aliphatic hydroxyl groups excluding tert-OH is 2. The van der Waals surface area contributed by atoms with Gasteiger partial charge in [-0.15, -0.1) is 0 Å². The number of benzene rings is 2. The molecular weight excluding hydrogens is 480 g/mol. The predicted molar refractivity (Wildman–Crippen MR) is 129 cm³/mol. The third-order valence-corrected chi connectivity index (χ3v) is 7.59. The maximum Gasteiger partial charge on any atom is 0.255 e. The van der Waals surface area contributed by atoms with Gasteiger partial charge in [0.1, 0.15) is 22.8 Å². The number of phenolic OH excluding ortho intramolecular Hbond substituents is 1. The Kier molecular flexibility index (Phi) is 5.36. The van der Waals surface area contributed by atoms with Crippen LogP contribution in [0.5, 0.6) is 5.75 Å². The summed E-state index contributed by atoms with van der Waals surface area (Å²) in [4.78, 5) is 54.8. The molecule has 0 spiro atoms. The van der Waals surface area contributed by atoms with Gasteiger partial charge in [-0.1, -0.05) is 42.5 Å². The van der Waals surface area contributed by atoms with Gasteiger partial charge in [-0.3, -0.25) is 24.1 Å². The van der Waals surface area contributed by atoms with Crippen LogP contribution < -0.4 is 5.73 Å². The molecule has 5 atom stereocenters. The molecule has 6 N–H and O–H groups in total. The molecule has 1 amide bonds. The van der Waals surface area contributed by atoms with Gasteiger partial charge in [-0.25, -0.2) is 0 Å². The van der Waals surface area contributed by atoms with Gasteiger partial charge >= 0.3 is 0 Å². The van der Waals surface area contributed by atoms with Crippen LogP contribution in [0.15, 0.2) is 71.2 Å². The largest absolute Gasteiger partial charge is 0.510 e. The maximum absolute atomic E-state index is 14.3. The second-order valence-electron chi connectivity index (χ2n) is 9.71. The van der Waals surface area contributed by atoms with Gasteiger partial charge in [-0.2, -0.15) is 0 Å². The number of carbonyl (C=O) groups is 4. The number of nitrogens with two attached hydrogens (primary N) is 1. The van der Waals surface area contributed by atoms with Crippen molar-refractivity contribution in [2.75, 3.05) is 14.1 Å². The van der Waals surface area contributed by atoms with E-state index in [1.807, 2.05) is 0 Å². The molecule has 10 heteroatoms. The lowest BCUT2D eigenvalue weighted by Gasteiger charge is -2.50. The summed E-state index contributed by atoms with van der Waals surface area (Å²) in [5, 5.41) is 44.7. The van der Waals surface area contributed by atoms with Gasteiger partial charge in [-0.05, 0) is 31.3 Å². The van der Waals surface area contributed by atoms with Crippen molar-refractivity contribution in [3.8, 4) is 5.75 Å². The van der Waals surface area contributed by atoms with Crippen molar-refractivity contribution in [3.63, 3.8) is 0 Å². The minimum absolute atomic E-state index is 0.176. The first-order valence-electron chi connectivity index (χ1n) is 11.5. The topological polar surface area (TPSA) is 178 Å². The number of Topliss-reactive ketones (excluding diaryl/α,β-unsaturated/α-hetero) is 3. The molecule has 2 aromatic rings. The molecule has 190 valence electrons. The molecule has 10 nitrogen and oxygen atoms in total. The van der Waals surface area contributed by atoms with Crippen LogP contribution in [0.4, 0.5) is 0 Å². The Balaban J connectivity index is 1.88. The summed E-state index contributed by atoms with van der Waals surface area (Å²) in [5.74, 6) is -10.9. The van der Waals surface area contributed by atoms with Crippen molar-refractivity contribution in [3.05, 3.63) is 87.9 Å². The van der Waals surface area contributed by atoms with E-state index in [0.29, 0.717) is 11.1 Å². The summed E-state index contributed by atoms with van der Waals surface area (Å²) < 4.78 is 0. The Morgan fingerprint density at radius 3 is 2.19 bits per heavy atom. The van der Waals surface area contributed by atoms with E-state index in [9.17, 15) is 39.6 Å². The zero-order valence-corrected chi connectivity index (χ0v) is 19.9. The third kappa shape index (κ3) is 3.06. The molecule has 0 saturated heterocycles. The van der Waals surface area contributed by atoms with Crippen molar-refractivity contribution in [1.82, 2.24) is 4.90 Å². The standard InChI is InChI=1S/C27H24N2O8/c1-29(2)20-19-22(32)16-14(11-7-4-3-5-8-11)12-9-6-10-13(30)15(12)21(31)17(16)24(34)27(19,37)25(35)18(23(20)33)26(28)36/h3-10,14,16,19-20,30,33-34,37H,1-2H3,(H2,28,36)/t14-,16+,19+,20-,27-/m0/s1. The van der Waals surface area contributed by atoms with Gasteiger partial charge in [0.15, 0.2) is 17.2 Å². The predicted octanol–water partition coefficient (Wildman–Crippen LogP) is 0.889. The smallest absolute Gasteiger partial charge is 0.255 e. The molecule has 0 saturated carbocycles. The fourth-order valence-corrected chi connectivity index (χ4v) is 6.06. The number of phenols is 1. The summed E-state index contributed by atoms with van der Waals surface area (Å²) in [6, 6.07) is 11.6. The zero-order valence-electron chi connectivity index (χ0n) is 19.9. The fraction of sp³-hybridized carbons (Fsp3) is 0.259. The number of primary amides is 1. The Morgan fingerprint density at radius 2 is 1.59 bits per heavy atom. The molecule has 0 aliphatic heterocycles. The minimum atomic E-state index is -3.05. The van der Waals surface area contributed by atoms with E-state index in [1.54, 1.807) is 36.4 Å². The fourth-order valence-electron chi connectivity index (χ4n) is 6.06. The molecule has 0 fully saturated rings. The van der Waals surface area contributed by atoms with Crippen molar-refractivity contribution in [1.29, 1.82) is 0 Å². The van der Waals surface area contributed by atoms with Crippen LogP contribution in [0.25, 0.3) is 0 Å². The third-order valence-electron chi connectivity index (χ3n) is 7.59. The van der Waals surface area contributed by atoms with E-state index in [2.05, 4.69) is 0 Å². The monoisotopic (exact) mass is 504 g/mol. The summed E-state index contributed by atoms with van der Waals surface area (Å²) in [6.07, 6.45) is 0. The molecule has 2 aromatic carbocycles. The van der Waals surface area contributed by atoms with Gasteiger partial charge in [0.25, 0.3) is 5.91 Å². The van der Waals surface area contributed by atoms with Gasteiger partial charge in [0.05, 0.1) is 29.0 Å². The van der Waals surface area contributed by atoms with Crippen LogP contribution in [0.3, 0.4) is 0 Å². The molecule has 37 heavy (non-hydrogen) atoms. The number of amides is 1. The number of rotatable bonds is 3. The van der Waals surface area contributed by atoms with Gasteiger partial charge in [0.2, 0.25) is 5.78 Å². The summed E-state index contributed by atoms with van der Waals surface area (Å²) in [6.45, 7) is 0. The Bertz CT molecular complexity index is 1460. The van der Waals surface area contributed by atoms with Crippen molar-refractivity contribution in [2.45, 2.75) is 17.6 Å². The average molecular weight is 504 g/mol. The van der Waals surface area contributed by atoms with Crippen LogP contribution in [0.1, 0.15) is 27.4 Å². The summed E-state index contributed by atoms with van der Waals surface area (Å²) >= 11 is 0. The SMILES string of the molecule is CN(C)[C@@H]1C(O)=C(C(N)=O)C(=O)[C@@]2(O)C(O)=C3C(=O)c4c(O)cccc4[C@H](c4ccccc4)[C@H]3C(=O)[C@@H]12. The number of ketones is 3. The molecule has 0 unspecified atom stereocenters. The summed E-state index contributed by atoms with van der Waals surface area (Å²) in [7, 11) is 2.90. The molecule has 5 rings (SSSR count). The molecule has 0 aromatic heterocycles. The van der Waals surface area contributed by atoms with Crippen LogP contribution in [0.2, 0.25) is 0 Å². The summed E-state index contributed by atoms with van der Waals surface area (Å²) in [5.41, 5.74) is 1.49. The van der Waals surface area contributed by atoms with E-state index in [-0.39, 0.29) is 5.56 Å². The number of fused-ring (bicyclic) bond motifs is 3. The van der Waals surface area contributed by atoms with Gasteiger partial charge < -0.3 is 26.2 Å². The van der Waals surface area contributed by atoms with Crippen LogP contribution in [-0.4, -0.2) is 74.3 Å². The second kappa shape index (κ2) is 8.12. The highest BCUT2D eigenvalue weighted by atomic mass is 16.4. The molecule has 0 bridgehead atoms. The van der Waals surface area contributed by atoms with E-state index in [4.69, 9.17) is 5.73 Å². The van der Waals surface area contributed by atoms with Crippen LogP contribution >= 0.6 is 0 Å². The first-order valence-corrected chi connectivity index (χ1v) is 11.5. The minimum Gasteiger partial charge on any atom is -0.510 e. The number of likely N-dealkylation sites (N-methyl/N-ethyl adjacent to an activating group) is 1. The highest BCUT2D eigenvalue weighted by Crippen LogP contribution is 2.55. The molecular formula is C27H24N2O8. The molecule has 0 radical (unpaired) electrons. The van der Waals surface area contributed by atoms with Crippen molar-refractivity contribution in [2.24, 2.45) is 17.6 Å². The van der Waals surface area contributed by atoms with E-state index >= 15 is 0 Å². The maximum atomic E-state index is 14.3. The first kappa shape index (κ1) is 24.4. The van der Waals surface area contributed by atoms with Crippen LogP contribution in [0, 0.1) is 11.8 Å². The quantitative estimate of drug-likeness (QED) is 0.380. The molecule has 3 aliphatic rings. The Morgan fingerprint density at radius 1 is 0.946 bits per heavy atom. The second-order valence-corrected chi connectivity index (χ2v) is 9.71. The number of aliphatic hydroxyl groups is 3. The number of allylic oxidation sites excluding steroid dienone is 1. The average Bonchev–Trinajstić information content (AvgIpc) is 2.84. The highest BCUT2D eigenvalue weighted by molar-refractivity contribution is 6.27. The lowest BCUT2D eigenvalue weighted by atomic mass is 9.55. The lowest BCUT2D eigenvalue weighted by molar-refractivity contribution is -0.158. The van der Waals surface area contributed by atoms with Crippen molar-refractivity contribution < 1.29 is 39.6 Å².